The van der Waals surface area contributed by atoms with Crippen molar-refractivity contribution in [2.75, 3.05) is 19.8 Å². The Hall–Kier alpha value is -1.60. The number of rotatable bonds is 3. The Kier molecular flexibility index (Phi) is 3.94. The number of hydrogen-bond donors (Lipinski definition) is 0. The second-order valence-electron chi connectivity index (χ2n) is 4.12. The minimum atomic E-state index is -0.508. The van der Waals surface area contributed by atoms with Gasteiger partial charge in [0.1, 0.15) is 17.6 Å². The molecule has 0 aliphatic carbocycles. The third-order valence-corrected chi connectivity index (χ3v) is 2.88. The molecule has 0 bridgehead atoms. The fraction of sp³-hybridized carbons (Fsp3) is 0.462. The average molecular weight is 235 g/mol. The van der Waals surface area contributed by atoms with Crippen LogP contribution in [0.4, 0.5) is 4.39 Å². The Labute approximate surface area is 99.8 Å². The standard InChI is InChI=1S/C13H14FNO2/c14-13-2-1-12(7-11(13)8-15)17-9-10-3-5-16-6-4-10/h1-2,7,10H,3-6,9H2. The molecule has 0 saturated carbocycles. The Morgan fingerprint density at radius 3 is 2.88 bits per heavy atom. The van der Waals surface area contributed by atoms with Gasteiger partial charge in [-0.3, -0.25) is 0 Å². The smallest absolute Gasteiger partial charge is 0.141 e. The van der Waals surface area contributed by atoms with E-state index in [1.54, 1.807) is 12.1 Å². The third kappa shape index (κ3) is 3.18. The lowest BCUT2D eigenvalue weighted by Crippen LogP contribution is -2.21. The van der Waals surface area contributed by atoms with Gasteiger partial charge in [-0.15, -0.1) is 0 Å². The van der Waals surface area contributed by atoms with Crippen LogP contribution < -0.4 is 4.74 Å². The van der Waals surface area contributed by atoms with Gasteiger partial charge in [-0.2, -0.15) is 5.26 Å². The van der Waals surface area contributed by atoms with Crippen molar-refractivity contribution in [3.05, 3.63) is 29.6 Å². The quantitative estimate of drug-likeness (QED) is 0.808. The summed E-state index contributed by atoms with van der Waals surface area (Å²) in [5.41, 5.74) is 0.0227. The highest BCUT2D eigenvalue weighted by Gasteiger charge is 2.14. The Morgan fingerprint density at radius 1 is 1.41 bits per heavy atom. The largest absolute Gasteiger partial charge is 0.493 e. The number of halogens is 1. The van der Waals surface area contributed by atoms with Crippen LogP contribution in [0.1, 0.15) is 18.4 Å². The van der Waals surface area contributed by atoms with Crippen LogP contribution in [-0.2, 0) is 4.74 Å². The van der Waals surface area contributed by atoms with Crippen molar-refractivity contribution in [1.82, 2.24) is 0 Å². The molecule has 1 aliphatic heterocycles. The van der Waals surface area contributed by atoms with Crippen molar-refractivity contribution in [3.63, 3.8) is 0 Å². The monoisotopic (exact) mass is 235 g/mol. The van der Waals surface area contributed by atoms with Crippen LogP contribution in [0.15, 0.2) is 18.2 Å². The third-order valence-electron chi connectivity index (χ3n) is 2.88. The molecule has 90 valence electrons. The topological polar surface area (TPSA) is 42.2 Å². The van der Waals surface area contributed by atoms with E-state index in [1.807, 2.05) is 0 Å². The van der Waals surface area contributed by atoms with Crippen LogP contribution in [0.5, 0.6) is 5.75 Å². The fourth-order valence-corrected chi connectivity index (χ4v) is 1.81. The first kappa shape index (κ1) is 11.9. The van der Waals surface area contributed by atoms with E-state index in [0.717, 1.165) is 26.1 Å². The van der Waals surface area contributed by atoms with Crippen LogP contribution in [0.25, 0.3) is 0 Å². The number of benzene rings is 1. The first-order valence-corrected chi connectivity index (χ1v) is 5.70. The van der Waals surface area contributed by atoms with Crippen LogP contribution in [0, 0.1) is 23.1 Å². The minimum absolute atomic E-state index is 0.0227. The molecular weight excluding hydrogens is 221 g/mol. The Morgan fingerprint density at radius 2 is 2.18 bits per heavy atom. The lowest BCUT2D eigenvalue weighted by molar-refractivity contribution is 0.0497. The van der Waals surface area contributed by atoms with Crippen LogP contribution in [-0.4, -0.2) is 19.8 Å². The van der Waals surface area contributed by atoms with Gasteiger partial charge in [0.2, 0.25) is 0 Å². The highest BCUT2D eigenvalue weighted by molar-refractivity contribution is 5.37. The van der Waals surface area contributed by atoms with Gasteiger partial charge in [0.05, 0.1) is 12.2 Å². The maximum absolute atomic E-state index is 13.1. The Balaban J connectivity index is 1.92. The van der Waals surface area contributed by atoms with Crippen molar-refractivity contribution in [2.45, 2.75) is 12.8 Å². The molecule has 17 heavy (non-hydrogen) atoms. The molecule has 1 fully saturated rings. The number of ether oxygens (including phenoxy) is 2. The van der Waals surface area contributed by atoms with Gasteiger partial charge in [-0.05, 0) is 30.9 Å². The summed E-state index contributed by atoms with van der Waals surface area (Å²) < 4.78 is 23.9. The van der Waals surface area contributed by atoms with Crippen LogP contribution in [0.2, 0.25) is 0 Å². The molecule has 1 aromatic carbocycles. The minimum Gasteiger partial charge on any atom is -0.493 e. The van der Waals surface area contributed by atoms with Crippen molar-refractivity contribution in [3.8, 4) is 11.8 Å². The van der Waals surface area contributed by atoms with Gasteiger partial charge in [0.15, 0.2) is 0 Å². The fourth-order valence-electron chi connectivity index (χ4n) is 1.81. The predicted molar refractivity (Wildman–Crippen MR) is 60.2 cm³/mol. The zero-order chi connectivity index (χ0) is 12.1. The molecule has 0 amide bonds. The van der Waals surface area contributed by atoms with Gasteiger partial charge < -0.3 is 9.47 Å². The molecule has 1 aromatic rings. The van der Waals surface area contributed by atoms with Gasteiger partial charge in [0, 0.05) is 19.3 Å². The van der Waals surface area contributed by atoms with Gasteiger partial charge >= 0.3 is 0 Å². The first-order chi connectivity index (χ1) is 8.29. The van der Waals surface area contributed by atoms with Crippen molar-refractivity contribution in [1.29, 1.82) is 5.26 Å². The first-order valence-electron chi connectivity index (χ1n) is 5.70. The van der Waals surface area contributed by atoms with Crippen LogP contribution in [0.3, 0.4) is 0 Å². The van der Waals surface area contributed by atoms with E-state index >= 15 is 0 Å². The summed E-state index contributed by atoms with van der Waals surface area (Å²) in [5.74, 6) is 0.527. The van der Waals surface area contributed by atoms with Crippen molar-refractivity contribution in [2.24, 2.45) is 5.92 Å². The molecule has 3 nitrogen and oxygen atoms in total. The summed E-state index contributed by atoms with van der Waals surface area (Å²) in [6, 6.07) is 6.05. The van der Waals surface area contributed by atoms with Crippen molar-refractivity contribution < 1.29 is 13.9 Å². The van der Waals surface area contributed by atoms with Gasteiger partial charge in [-0.25, -0.2) is 4.39 Å². The number of nitriles is 1. The maximum atomic E-state index is 13.1. The molecule has 0 unspecified atom stereocenters. The average Bonchev–Trinajstić information content (AvgIpc) is 2.39. The lowest BCUT2D eigenvalue weighted by atomic mass is 10.0. The molecule has 0 spiro atoms. The zero-order valence-corrected chi connectivity index (χ0v) is 9.49. The summed E-state index contributed by atoms with van der Waals surface area (Å²) in [7, 11) is 0. The highest BCUT2D eigenvalue weighted by atomic mass is 19.1. The molecule has 0 radical (unpaired) electrons. The maximum Gasteiger partial charge on any atom is 0.141 e. The molecule has 2 rings (SSSR count). The van der Waals surface area contributed by atoms with E-state index in [1.165, 1.54) is 12.1 Å². The summed E-state index contributed by atoms with van der Waals surface area (Å²) in [4.78, 5) is 0. The van der Waals surface area contributed by atoms with E-state index in [4.69, 9.17) is 14.7 Å². The zero-order valence-electron chi connectivity index (χ0n) is 9.49. The normalized spacial score (nSPS) is 16.5. The van der Waals surface area contributed by atoms with E-state index in [-0.39, 0.29) is 5.56 Å². The predicted octanol–water partition coefficient (Wildman–Crippen LogP) is 2.50. The molecule has 1 aliphatic rings. The SMILES string of the molecule is N#Cc1cc(OCC2CCOCC2)ccc1F. The van der Waals surface area contributed by atoms with E-state index in [9.17, 15) is 4.39 Å². The molecule has 1 saturated heterocycles. The molecule has 0 aromatic heterocycles. The Bertz CT molecular complexity index is 422. The molecule has 4 heteroatoms. The summed E-state index contributed by atoms with van der Waals surface area (Å²) in [6.07, 6.45) is 1.98. The van der Waals surface area contributed by atoms with Gasteiger partial charge in [0.25, 0.3) is 0 Å². The van der Waals surface area contributed by atoms with E-state index in [2.05, 4.69) is 0 Å². The summed E-state index contributed by atoms with van der Waals surface area (Å²) in [6.45, 7) is 2.15. The molecule has 0 N–H and O–H groups in total. The second kappa shape index (κ2) is 5.65. The molecule has 0 atom stereocenters. The van der Waals surface area contributed by atoms with Crippen LogP contribution >= 0.6 is 0 Å². The molecular formula is C13H14FNO2. The highest BCUT2D eigenvalue weighted by Crippen LogP contribution is 2.20. The van der Waals surface area contributed by atoms with E-state index in [0.29, 0.717) is 18.3 Å². The molecule has 1 heterocycles. The van der Waals surface area contributed by atoms with Gasteiger partial charge in [-0.1, -0.05) is 0 Å². The summed E-state index contributed by atoms with van der Waals surface area (Å²) in [5, 5.41) is 8.70. The van der Waals surface area contributed by atoms with Crippen molar-refractivity contribution >= 4 is 0 Å². The lowest BCUT2D eigenvalue weighted by Gasteiger charge is -2.22. The number of hydrogen-bond acceptors (Lipinski definition) is 3. The number of nitrogens with zero attached hydrogens (tertiary/aromatic N) is 1. The van der Waals surface area contributed by atoms with E-state index < -0.39 is 5.82 Å². The second-order valence-corrected chi connectivity index (χ2v) is 4.12. The summed E-state index contributed by atoms with van der Waals surface area (Å²) >= 11 is 0.